The van der Waals surface area contributed by atoms with E-state index in [2.05, 4.69) is 0 Å². The van der Waals surface area contributed by atoms with Crippen molar-refractivity contribution in [3.05, 3.63) is 0 Å². The van der Waals surface area contributed by atoms with E-state index in [0.717, 1.165) is 0 Å². The summed E-state index contributed by atoms with van der Waals surface area (Å²) in [5.74, 6) is 0. The zero-order valence-electron chi connectivity index (χ0n) is 7.16. The molecule has 0 unspecified atom stereocenters. The summed E-state index contributed by atoms with van der Waals surface area (Å²) in [5.41, 5.74) is 0. The third-order valence-electron chi connectivity index (χ3n) is 0. The van der Waals surface area contributed by atoms with Gasteiger partial charge in [0.15, 0.2) is 0 Å². The second kappa shape index (κ2) is 23.0. The van der Waals surface area contributed by atoms with Crippen molar-refractivity contribution in [2.45, 2.75) is 0 Å². The molecule has 0 atom stereocenters. The zero-order valence-corrected chi connectivity index (χ0v) is 20.6. The zero-order chi connectivity index (χ0) is 9.00. The van der Waals surface area contributed by atoms with E-state index in [1.54, 1.807) is 0 Å². The van der Waals surface area contributed by atoms with Crippen LogP contribution >= 0.6 is 15.6 Å². The first-order chi connectivity index (χ1) is 4.00. The first kappa shape index (κ1) is 51.0. The molecular formula is H6O11P2Pb3. The van der Waals surface area contributed by atoms with E-state index in [-0.39, 0.29) is 98.3 Å². The summed E-state index contributed by atoms with van der Waals surface area (Å²) >= 11 is 0. The molecule has 11 nitrogen and oxygen atoms in total. The first-order valence-corrected chi connectivity index (χ1v) is 4.38. The monoisotopic (exact) mass is 868 g/mol. The Labute approximate surface area is 151 Å². The first-order valence-electron chi connectivity index (χ1n) is 1.46. The Morgan fingerprint density at radius 1 is 0.500 bits per heavy atom. The topological polar surface area (TPSA) is 267 Å². The molecule has 16 heavy (non-hydrogen) atoms. The summed E-state index contributed by atoms with van der Waals surface area (Å²) in [7, 11) is -10.8. The summed E-state index contributed by atoms with van der Waals surface area (Å²) in [4.78, 5) is 51.3. The van der Waals surface area contributed by atoms with E-state index in [4.69, 9.17) is 38.5 Å². The van der Waals surface area contributed by atoms with E-state index in [1.165, 1.54) is 0 Å². The van der Waals surface area contributed by atoms with Crippen LogP contribution in [0, 0.1) is 0 Å². The molecule has 0 fully saturated rings. The van der Waals surface area contributed by atoms with Crippen LogP contribution in [-0.2, 0) is 9.13 Å². The number of hydrogen-bond acceptors (Lipinski definition) is 8. The van der Waals surface area contributed by atoms with Gasteiger partial charge in [0.1, 0.15) is 0 Å². The van der Waals surface area contributed by atoms with Crippen LogP contribution in [0.5, 0.6) is 0 Å². The van der Waals surface area contributed by atoms with E-state index in [9.17, 15) is 0 Å². The molecule has 0 saturated heterocycles. The molecule has 0 spiro atoms. The minimum absolute atomic E-state index is 0. The Hall–Kier alpha value is 2.87. The van der Waals surface area contributed by atoms with Gasteiger partial charge >= 0.3 is 81.9 Å². The minimum Gasteiger partial charge on any atom is -0.822 e. The van der Waals surface area contributed by atoms with E-state index in [0.29, 0.717) is 0 Å². The molecule has 0 aliphatic rings. The Kier molecular flexibility index (Phi) is 73.3. The minimum atomic E-state index is -5.39. The molecule has 6 radical (unpaired) electrons. The Morgan fingerprint density at radius 2 is 0.500 bits per heavy atom. The Morgan fingerprint density at radius 3 is 0.500 bits per heavy atom. The molecule has 0 rings (SSSR count). The summed E-state index contributed by atoms with van der Waals surface area (Å²) < 4.78 is 17.1. The van der Waals surface area contributed by atoms with Crippen molar-refractivity contribution in [1.82, 2.24) is 0 Å². The van der Waals surface area contributed by atoms with Crippen molar-refractivity contribution in [2.24, 2.45) is 0 Å². The second-order valence-electron chi connectivity index (χ2n) is 0.894. The van der Waals surface area contributed by atoms with Gasteiger partial charge in [0.05, 0.1) is 0 Å². The average molecular weight is 866 g/mol. The molecule has 0 amide bonds. The fraction of sp³-hybridized carbons (Fsp3) is 0. The van der Waals surface area contributed by atoms with Crippen molar-refractivity contribution in [3.63, 3.8) is 0 Å². The van der Waals surface area contributed by atoms with Crippen molar-refractivity contribution in [1.29, 1.82) is 0 Å². The summed E-state index contributed by atoms with van der Waals surface area (Å²) in [6, 6.07) is 0. The number of phosphoric acid groups is 2. The van der Waals surface area contributed by atoms with Crippen molar-refractivity contribution in [3.8, 4) is 0 Å². The third-order valence-corrected chi connectivity index (χ3v) is 0. The maximum atomic E-state index is 8.55. The number of rotatable bonds is 0. The molecule has 6 N–H and O–H groups in total. The molecule has 0 aromatic carbocycles. The fourth-order valence-corrected chi connectivity index (χ4v) is 0. The maximum Gasteiger partial charge on any atom is 2.00 e. The van der Waals surface area contributed by atoms with Gasteiger partial charge in [-0.3, -0.25) is 0 Å². The molecule has 0 aliphatic heterocycles. The van der Waals surface area contributed by atoms with Crippen molar-refractivity contribution < 1.29 is 54.9 Å². The van der Waals surface area contributed by atoms with Crippen LogP contribution in [0.4, 0.5) is 0 Å². The molecule has 94 valence electrons. The largest absolute Gasteiger partial charge is 2.00 e. The van der Waals surface area contributed by atoms with Crippen molar-refractivity contribution >= 4 is 97.5 Å². The molecule has 0 saturated carbocycles. The maximum absolute atomic E-state index is 8.55. The normalized spacial score (nSPS) is 7.38. The Balaban J connectivity index is -0.00000000970. The van der Waals surface area contributed by atoms with Gasteiger partial charge in [-0.05, 0) is 0 Å². The third kappa shape index (κ3) is 517. The van der Waals surface area contributed by atoms with Crippen LogP contribution in [0.3, 0.4) is 0 Å². The summed E-state index contributed by atoms with van der Waals surface area (Å²) in [6.45, 7) is 0. The molecule has 16 heteroatoms. The van der Waals surface area contributed by atoms with Gasteiger partial charge in [0, 0.05) is 0 Å². The molecule has 0 aliphatic carbocycles. The van der Waals surface area contributed by atoms with Crippen LogP contribution < -0.4 is 29.4 Å². The molecular weight excluding hydrogens is 860 g/mol. The van der Waals surface area contributed by atoms with Gasteiger partial charge in [0.2, 0.25) is 0 Å². The predicted octanol–water partition coefficient (Wildman–Crippen LogP) is -9.27. The SMILES string of the molecule is O.O.O.O=P([O-])([O-])[O-].O=P([O-])([O-])[O-].[Pb+2].[Pb+2].[Pb+2]. The van der Waals surface area contributed by atoms with Gasteiger partial charge in [-0.1, -0.05) is 0 Å². The van der Waals surface area contributed by atoms with Gasteiger partial charge in [-0.15, -0.1) is 0 Å². The molecule has 0 aromatic heterocycles. The van der Waals surface area contributed by atoms with E-state index in [1.807, 2.05) is 0 Å². The second-order valence-corrected chi connectivity index (χ2v) is 2.68. The average Bonchev–Trinajstić information content (AvgIpc) is 1.12. The Bertz CT molecular complexity index is 132. The van der Waals surface area contributed by atoms with E-state index >= 15 is 0 Å². The quantitative estimate of drug-likeness (QED) is 0.166. The van der Waals surface area contributed by atoms with E-state index < -0.39 is 15.6 Å². The molecule has 0 heterocycles. The van der Waals surface area contributed by atoms with Gasteiger partial charge in [-0.25, -0.2) is 0 Å². The summed E-state index contributed by atoms with van der Waals surface area (Å²) in [5, 5.41) is 0. The number of hydrogen-bond donors (Lipinski definition) is 0. The van der Waals surface area contributed by atoms with Crippen molar-refractivity contribution in [2.75, 3.05) is 0 Å². The van der Waals surface area contributed by atoms with Gasteiger partial charge in [0.25, 0.3) is 0 Å². The van der Waals surface area contributed by atoms with Crippen LogP contribution in [0.25, 0.3) is 0 Å². The molecule has 0 bridgehead atoms. The standard InChI is InChI=1S/2H3O4P.3H2O.3Pb/c2*1-5(2,3)4;;;;;;/h2*(H3,1,2,3,4);3*1H2;;;/q;;;;;3*+2/p-6. The van der Waals surface area contributed by atoms with Crippen LogP contribution in [0.1, 0.15) is 0 Å². The summed E-state index contributed by atoms with van der Waals surface area (Å²) in [6.07, 6.45) is 0. The van der Waals surface area contributed by atoms with Crippen LogP contribution in [-0.4, -0.2) is 98.3 Å². The van der Waals surface area contributed by atoms with Crippen LogP contribution in [0.15, 0.2) is 0 Å². The molecule has 0 aromatic rings. The smallest absolute Gasteiger partial charge is 0.822 e. The predicted molar refractivity (Wildman–Crippen MR) is 43.3 cm³/mol. The van der Waals surface area contributed by atoms with Gasteiger partial charge < -0.3 is 54.9 Å². The van der Waals surface area contributed by atoms with Gasteiger partial charge in [-0.2, -0.15) is 15.6 Å². The fourth-order valence-electron chi connectivity index (χ4n) is 0. The van der Waals surface area contributed by atoms with Crippen LogP contribution in [0.2, 0.25) is 0 Å².